The molecule has 1 aliphatic carbocycles. The lowest BCUT2D eigenvalue weighted by atomic mass is 9.79. The van der Waals surface area contributed by atoms with Crippen LogP contribution >= 0.6 is 0 Å². The number of amides is 1. The van der Waals surface area contributed by atoms with Gasteiger partial charge in [0.25, 0.3) is 5.91 Å². The molecule has 1 aromatic carbocycles. The Kier molecular flexibility index (Phi) is 5.64. The highest BCUT2D eigenvalue weighted by Crippen LogP contribution is 2.55. The number of rotatable bonds is 0. The number of hydrogen-bond acceptors (Lipinski definition) is 6. The first-order valence-corrected chi connectivity index (χ1v) is 12.5. The van der Waals surface area contributed by atoms with Crippen LogP contribution in [0.25, 0.3) is 11.3 Å². The fraction of sp³-hybridized carbons (Fsp3) is 0.357. The second kappa shape index (κ2) is 8.89. The lowest BCUT2D eigenvalue weighted by Gasteiger charge is -2.41. The maximum atomic E-state index is 15.4. The second-order valence-corrected chi connectivity index (χ2v) is 10.4. The Hall–Kier alpha value is -3.90. The van der Waals surface area contributed by atoms with E-state index in [0.717, 1.165) is 30.2 Å². The highest BCUT2D eigenvalue weighted by atomic mass is 19.1. The zero-order chi connectivity index (χ0) is 25.8. The number of aryl methyl sites for hydroxylation is 1. The molecule has 2 aromatic heterocycles. The molecule has 0 spiro atoms. The summed E-state index contributed by atoms with van der Waals surface area (Å²) in [5.74, 6) is -1.94. The molecule has 3 aliphatic rings. The SMILES string of the molecule is Cc1cc(F)c2c(c1)C1CC1CC1CN(CC(N)C1C#N)c1ccncc1NC(=O)c1ccc(F)c-2n1. The quantitative estimate of drug-likeness (QED) is 0.474. The van der Waals surface area contributed by atoms with E-state index < -0.39 is 17.5 Å². The minimum atomic E-state index is -0.693. The number of benzene rings is 1. The molecule has 1 saturated carbocycles. The molecule has 188 valence electrons. The third-order valence-electron chi connectivity index (χ3n) is 7.90. The number of hydrogen-bond donors (Lipinski definition) is 2. The third kappa shape index (κ3) is 4.11. The van der Waals surface area contributed by atoms with Crippen molar-refractivity contribution < 1.29 is 13.6 Å². The van der Waals surface area contributed by atoms with Crippen molar-refractivity contribution in [2.45, 2.75) is 31.7 Å². The van der Waals surface area contributed by atoms with E-state index in [1.54, 1.807) is 19.3 Å². The summed E-state index contributed by atoms with van der Waals surface area (Å²) in [4.78, 5) is 23.8. The van der Waals surface area contributed by atoms with Gasteiger partial charge < -0.3 is 16.0 Å². The number of nitrogens with two attached hydrogens (primary N) is 1. The standard InChI is InChI=1S/C28H26F2N6O/c1-14-6-18-17-9-15(17)8-16-12-36(13-22(32)19(16)10-31)25-4-5-33-11-24(25)35-28(37)23-3-2-20(29)27(34-23)26(18)21(30)7-14/h2-7,11,15-17,19,22H,8-9,12-13,32H2,1H3,(H,35,37). The lowest BCUT2D eigenvalue weighted by Crippen LogP contribution is -2.53. The zero-order valence-corrected chi connectivity index (χ0v) is 20.3. The lowest BCUT2D eigenvalue weighted by molar-refractivity contribution is 0.102. The van der Waals surface area contributed by atoms with Crippen LogP contribution in [0.15, 0.2) is 42.7 Å². The monoisotopic (exact) mass is 500 g/mol. The Morgan fingerprint density at radius 1 is 1.14 bits per heavy atom. The van der Waals surface area contributed by atoms with Crippen molar-refractivity contribution in [1.82, 2.24) is 9.97 Å². The van der Waals surface area contributed by atoms with Crippen LogP contribution in [-0.4, -0.2) is 35.0 Å². The molecular weight excluding hydrogens is 474 g/mol. The van der Waals surface area contributed by atoms with Gasteiger partial charge in [-0.15, -0.1) is 0 Å². The second-order valence-electron chi connectivity index (χ2n) is 10.4. The molecule has 0 radical (unpaired) electrons. The minimum Gasteiger partial charge on any atom is -0.368 e. The van der Waals surface area contributed by atoms with Gasteiger partial charge in [-0.2, -0.15) is 5.26 Å². The van der Waals surface area contributed by atoms with E-state index in [1.807, 2.05) is 12.1 Å². The first-order valence-electron chi connectivity index (χ1n) is 12.5. The molecule has 4 heterocycles. The van der Waals surface area contributed by atoms with E-state index >= 15 is 8.78 Å². The van der Waals surface area contributed by atoms with Gasteiger partial charge in [0.1, 0.15) is 23.0 Å². The molecule has 1 saturated heterocycles. The van der Waals surface area contributed by atoms with E-state index in [4.69, 9.17) is 5.73 Å². The number of halogens is 2. The molecule has 3 aromatic rings. The topological polar surface area (TPSA) is 108 Å². The number of pyridine rings is 2. The summed E-state index contributed by atoms with van der Waals surface area (Å²) in [6, 6.07) is 9.55. The Morgan fingerprint density at radius 3 is 2.78 bits per heavy atom. The maximum absolute atomic E-state index is 15.4. The smallest absolute Gasteiger partial charge is 0.274 e. The van der Waals surface area contributed by atoms with Crippen molar-refractivity contribution in [3.8, 4) is 17.3 Å². The third-order valence-corrected chi connectivity index (χ3v) is 7.90. The largest absolute Gasteiger partial charge is 0.368 e. The molecule has 2 aliphatic heterocycles. The summed E-state index contributed by atoms with van der Waals surface area (Å²) in [7, 11) is 0. The average molecular weight is 501 g/mol. The Morgan fingerprint density at radius 2 is 1.97 bits per heavy atom. The molecule has 7 nitrogen and oxygen atoms in total. The summed E-state index contributed by atoms with van der Waals surface area (Å²) in [5.41, 5.74) is 9.02. The number of nitriles is 1. The van der Waals surface area contributed by atoms with Crippen LogP contribution in [0.4, 0.5) is 20.2 Å². The molecule has 4 bridgehead atoms. The van der Waals surface area contributed by atoms with Crippen LogP contribution in [0.1, 0.15) is 40.4 Å². The van der Waals surface area contributed by atoms with Crippen LogP contribution in [0.5, 0.6) is 0 Å². The van der Waals surface area contributed by atoms with Gasteiger partial charge >= 0.3 is 0 Å². The molecular formula is C28H26F2N6O. The van der Waals surface area contributed by atoms with Crippen molar-refractivity contribution in [2.24, 2.45) is 23.5 Å². The Labute approximate surface area is 213 Å². The fourth-order valence-corrected chi connectivity index (χ4v) is 6.09. The normalized spacial score (nSPS) is 26.4. The van der Waals surface area contributed by atoms with E-state index in [9.17, 15) is 10.1 Å². The number of carbonyl (C=O) groups excluding carboxylic acids is 1. The van der Waals surface area contributed by atoms with E-state index in [0.29, 0.717) is 24.3 Å². The van der Waals surface area contributed by atoms with Gasteiger partial charge in [0.05, 0.1) is 29.6 Å². The predicted octanol–water partition coefficient (Wildman–Crippen LogP) is 4.39. The number of nitrogens with zero attached hydrogens (tertiary/aromatic N) is 4. The number of nitrogens with one attached hydrogen (secondary N) is 1. The molecule has 6 rings (SSSR count). The first-order chi connectivity index (χ1) is 17.8. The van der Waals surface area contributed by atoms with Gasteiger partial charge in [-0.1, -0.05) is 6.07 Å². The molecule has 9 heteroatoms. The van der Waals surface area contributed by atoms with Gasteiger partial charge in [0, 0.05) is 30.9 Å². The minimum absolute atomic E-state index is 0.00985. The van der Waals surface area contributed by atoms with Crippen LogP contribution in [0.3, 0.4) is 0 Å². The van der Waals surface area contributed by atoms with Crippen molar-refractivity contribution in [3.05, 3.63) is 71.2 Å². The highest BCUT2D eigenvalue weighted by molar-refractivity contribution is 6.05. The zero-order valence-electron chi connectivity index (χ0n) is 20.3. The highest BCUT2D eigenvalue weighted by Gasteiger charge is 2.45. The first kappa shape index (κ1) is 23.5. The number of fused-ring (bicyclic) bond motifs is 10. The van der Waals surface area contributed by atoms with Crippen molar-refractivity contribution in [2.75, 3.05) is 23.3 Å². The van der Waals surface area contributed by atoms with Gasteiger partial charge in [-0.25, -0.2) is 13.8 Å². The molecule has 3 N–H and O–H groups in total. The summed E-state index contributed by atoms with van der Waals surface area (Å²) in [6.07, 6.45) is 4.73. The number of carbonyl (C=O) groups is 1. The predicted molar refractivity (Wildman–Crippen MR) is 135 cm³/mol. The number of aromatic nitrogens is 2. The van der Waals surface area contributed by atoms with E-state index in [-0.39, 0.29) is 46.7 Å². The van der Waals surface area contributed by atoms with E-state index in [2.05, 4.69) is 26.3 Å². The van der Waals surface area contributed by atoms with Crippen LogP contribution in [-0.2, 0) is 0 Å². The molecule has 5 unspecified atom stereocenters. The number of anilines is 2. The summed E-state index contributed by atoms with van der Waals surface area (Å²) in [6.45, 7) is 2.86. The molecule has 1 amide bonds. The van der Waals surface area contributed by atoms with Crippen molar-refractivity contribution in [3.63, 3.8) is 0 Å². The van der Waals surface area contributed by atoms with Crippen LogP contribution in [0.2, 0.25) is 0 Å². The van der Waals surface area contributed by atoms with Gasteiger partial charge in [-0.05, 0) is 72.9 Å². The van der Waals surface area contributed by atoms with Crippen LogP contribution in [0, 0.1) is 47.6 Å². The number of piperidine rings is 1. The maximum Gasteiger partial charge on any atom is 0.274 e. The fourth-order valence-electron chi connectivity index (χ4n) is 6.09. The summed E-state index contributed by atoms with van der Waals surface area (Å²) >= 11 is 0. The van der Waals surface area contributed by atoms with E-state index in [1.165, 1.54) is 12.1 Å². The summed E-state index contributed by atoms with van der Waals surface area (Å²) in [5, 5.41) is 12.8. The summed E-state index contributed by atoms with van der Waals surface area (Å²) < 4.78 is 30.5. The van der Waals surface area contributed by atoms with Gasteiger partial charge in [-0.3, -0.25) is 9.78 Å². The van der Waals surface area contributed by atoms with Gasteiger partial charge in [0.15, 0.2) is 0 Å². The van der Waals surface area contributed by atoms with Gasteiger partial charge in [0.2, 0.25) is 0 Å². The Bertz CT molecular complexity index is 1450. The molecule has 37 heavy (non-hydrogen) atoms. The van der Waals surface area contributed by atoms with Crippen LogP contribution < -0.4 is 16.0 Å². The Balaban J connectivity index is 1.52. The van der Waals surface area contributed by atoms with Crippen molar-refractivity contribution in [1.29, 1.82) is 5.26 Å². The average Bonchev–Trinajstić information content (AvgIpc) is 3.63. The van der Waals surface area contributed by atoms with Crippen molar-refractivity contribution >= 4 is 17.3 Å². The molecule has 2 fully saturated rings. The molecule has 5 atom stereocenters.